The third kappa shape index (κ3) is 1.89. The SMILES string of the molecule is O=C1C2CCCOc3ccccc3N1CCN2. The molecule has 4 heteroatoms. The van der Waals surface area contributed by atoms with Crippen molar-refractivity contribution < 1.29 is 9.53 Å². The molecule has 1 aromatic carbocycles. The van der Waals surface area contributed by atoms with Crippen molar-refractivity contribution in [1.82, 2.24) is 5.32 Å². The first kappa shape index (κ1) is 10.6. The van der Waals surface area contributed by atoms with Crippen LogP contribution >= 0.6 is 0 Å². The standard InChI is InChI=1S/C13H16N2O2/c16-13-10-4-3-9-17-12-6-2-1-5-11(12)15(13)8-7-14-10/h1-2,5-6,10,14H,3-4,7-9H2. The van der Waals surface area contributed by atoms with E-state index in [-0.39, 0.29) is 11.9 Å². The van der Waals surface area contributed by atoms with Gasteiger partial charge < -0.3 is 15.0 Å². The van der Waals surface area contributed by atoms with Gasteiger partial charge in [-0.2, -0.15) is 0 Å². The second-order valence-electron chi connectivity index (χ2n) is 4.46. The Morgan fingerprint density at radius 1 is 1.35 bits per heavy atom. The summed E-state index contributed by atoms with van der Waals surface area (Å²) < 4.78 is 5.74. The van der Waals surface area contributed by atoms with Crippen molar-refractivity contribution in [3.8, 4) is 5.75 Å². The number of carbonyl (C=O) groups is 1. The van der Waals surface area contributed by atoms with Crippen LogP contribution in [0.4, 0.5) is 5.69 Å². The first-order valence-corrected chi connectivity index (χ1v) is 6.13. The fraction of sp³-hybridized carbons (Fsp3) is 0.462. The Morgan fingerprint density at radius 2 is 2.24 bits per heavy atom. The third-order valence-electron chi connectivity index (χ3n) is 3.34. The number of hydrogen-bond acceptors (Lipinski definition) is 3. The Morgan fingerprint density at radius 3 is 3.18 bits per heavy atom. The van der Waals surface area contributed by atoms with Crippen LogP contribution in [0.15, 0.2) is 24.3 Å². The molecule has 1 unspecified atom stereocenters. The number of benzene rings is 1. The van der Waals surface area contributed by atoms with E-state index >= 15 is 0 Å². The zero-order valence-corrected chi connectivity index (χ0v) is 9.69. The van der Waals surface area contributed by atoms with Crippen LogP contribution in [-0.4, -0.2) is 31.6 Å². The van der Waals surface area contributed by atoms with E-state index in [0.717, 1.165) is 37.4 Å². The topological polar surface area (TPSA) is 41.6 Å². The summed E-state index contributed by atoms with van der Waals surface area (Å²) in [6.07, 6.45) is 1.76. The van der Waals surface area contributed by atoms with Crippen molar-refractivity contribution in [3.63, 3.8) is 0 Å². The molecule has 0 aliphatic carbocycles. The molecule has 1 atom stereocenters. The summed E-state index contributed by atoms with van der Waals surface area (Å²) in [5.74, 6) is 0.998. The number of piperazine rings is 1. The molecule has 1 fully saturated rings. The fourth-order valence-electron chi connectivity index (χ4n) is 2.47. The Kier molecular flexibility index (Phi) is 2.73. The van der Waals surface area contributed by atoms with Gasteiger partial charge in [-0.15, -0.1) is 0 Å². The molecule has 1 saturated heterocycles. The van der Waals surface area contributed by atoms with E-state index in [9.17, 15) is 4.79 Å². The highest BCUT2D eigenvalue weighted by Crippen LogP contribution is 2.30. The number of fused-ring (bicyclic) bond motifs is 4. The van der Waals surface area contributed by atoms with Crippen LogP contribution in [0.1, 0.15) is 12.8 Å². The van der Waals surface area contributed by atoms with E-state index in [1.807, 2.05) is 29.2 Å². The lowest BCUT2D eigenvalue weighted by Crippen LogP contribution is -2.55. The average Bonchev–Trinajstić information content (AvgIpc) is 2.40. The van der Waals surface area contributed by atoms with Gasteiger partial charge in [-0.25, -0.2) is 0 Å². The molecule has 90 valence electrons. The lowest BCUT2D eigenvalue weighted by atomic mass is 10.1. The monoisotopic (exact) mass is 232 g/mol. The van der Waals surface area contributed by atoms with Gasteiger partial charge in [0.25, 0.3) is 0 Å². The van der Waals surface area contributed by atoms with Gasteiger partial charge in [-0.1, -0.05) is 12.1 Å². The number of anilines is 1. The molecule has 1 N–H and O–H groups in total. The summed E-state index contributed by atoms with van der Waals surface area (Å²) in [6.45, 7) is 2.25. The van der Waals surface area contributed by atoms with Gasteiger partial charge in [-0.05, 0) is 25.0 Å². The van der Waals surface area contributed by atoms with E-state index in [1.54, 1.807) is 0 Å². The molecule has 0 radical (unpaired) electrons. The van der Waals surface area contributed by atoms with Crippen molar-refractivity contribution in [1.29, 1.82) is 0 Å². The Hall–Kier alpha value is -1.55. The average molecular weight is 232 g/mol. The number of nitrogens with one attached hydrogen (secondary N) is 1. The number of carbonyl (C=O) groups excluding carboxylic acids is 1. The minimum absolute atomic E-state index is 0.0430. The lowest BCUT2D eigenvalue weighted by Gasteiger charge is -2.32. The molecule has 0 aromatic heterocycles. The number of amides is 1. The number of hydrogen-bond donors (Lipinski definition) is 1. The molecule has 17 heavy (non-hydrogen) atoms. The molecular formula is C13H16N2O2. The summed E-state index contributed by atoms with van der Waals surface area (Å²) in [5, 5.41) is 3.28. The van der Waals surface area contributed by atoms with Gasteiger partial charge in [0.1, 0.15) is 5.75 Å². The molecule has 4 nitrogen and oxygen atoms in total. The van der Waals surface area contributed by atoms with Crippen molar-refractivity contribution >= 4 is 11.6 Å². The van der Waals surface area contributed by atoms with Crippen LogP contribution in [0.2, 0.25) is 0 Å². The fourth-order valence-corrected chi connectivity index (χ4v) is 2.47. The highest BCUT2D eigenvalue weighted by atomic mass is 16.5. The second-order valence-corrected chi connectivity index (χ2v) is 4.46. The van der Waals surface area contributed by atoms with Crippen LogP contribution in [0.3, 0.4) is 0 Å². The highest BCUT2D eigenvalue weighted by molar-refractivity contribution is 5.99. The minimum atomic E-state index is -0.0430. The first-order chi connectivity index (χ1) is 8.36. The normalized spacial score (nSPS) is 24.1. The summed E-state index contributed by atoms with van der Waals surface area (Å²) in [5.41, 5.74) is 0.908. The molecule has 2 heterocycles. The predicted octanol–water partition coefficient (Wildman–Crippen LogP) is 1.16. The van der Waals surface area contributed by atoms with Crippen molar-refractivity contribution in [2.45, 2.75) is 18.9 Å². The molecular weight excluding hydrogens is 216 g/mol. The van der Waals surface area contributed by atoms with Crippen LogP contribution in [-0.2, 0) is 4.79 Å². The number of ether oxygens (including phenoxy) is 1. The Balaban J connectivity index is 2.02. The Bertz CT molecular complexity index is 433. The molecule has 0 spiro atoms. The number of rotatable bonds is 0. The zero-order chi connectivity index (χ0) is 11.7. The van der Waals surface area contributed by atoms with E-state index in [2.05, 4.69) is 5.32 Å². The van der Waals surface area contributed by atoms with Crippen molar-refractivity contribution in [2.75, 3.05) is 24.6 Å². The summed E-state index contributed by atoms with van der Waals surface area (Å²) in [7, 11) is 0. The molecule has 2 bridgehead atoms. The second kappa shape index (κ2) is 4.37. The number of para-hydroxylation sites is 2. The maximum atomic E-state index is 12.3. The van der Waals surface area contributed by atoms with E-state index in [4.69, 9.17) is 4.74 Å². The minimum Gasteiger partial charge on any atom is -0.491 e. The lowest BCUT2D eigenvalue weighted by molar-refractivity contribution is -0.121. The summed E-state index contributed by atoms with van der Waals surface area (Å²) >= 11 is 0. The highest BCUT2D eigenvalue weighted by Gasteiger charge is 2.31. The number of nitrogens with zero attached hydrogens (tertiary/aromatic N) is 1. The van der Waals surface area contributed by atoms with Gasteiger partial charge in [0.2, 0.25) is 5.91 Å². The zero-order valence-electron chi connectivity index (χ0n) is 9.69. The summed E-state index contributed by atoms with van der Waals surface area (Å²) in [4.78, 5) is 14.2. The molecule has 0 saturated carbocycles. The predicted molar refractivity (Wildman–Crippen MR) is 65.3 cm³/mol. The van der Waals surface area contributed by atoms with Gasteiger partial charge in [0, 0.05) is 13.1 Å². The maximum absolute atomic E-state index is 12.3. The van der Waals surface area contributed by atoms with Crippen LogP contribution < -0.4 is 15.0 Å². The van der Waals surface area contributed by atoms with E-state index in [0.29, 0.717) is 6.61 Å². The third-order valence-corrected chi connectivity index (χ3v) is 3.34. The molecule has 1 amide bonds. The molecule has 1 aromatic rings. The molecule has 2 aliphatic rings. The van der Waals surface area contributed by atoms with Crippen molar-refractivity contribution in [3.05, 3.63) is 24.3 Å². The maximum Gasteiger partial charge on any atom is 0.244 e. The van der Waals surface area contributed by atoms with Gasteiger partial charge in [-0.3, -0.25) is 4.79 Å². The van der Waals surface area contributed by atoms with E-state index in [1.165, 1.54) is 0 Å². The first-order valence-electron chi connectivity index (χ1n) is 6.13. The molecule has 3 rings (SSSR count). The van der Waals surface area contributed by atoms with Gasteiger partial charge >= 0.3 is 0 Å². The smallest absolute Gasteiger partial charge is 0.244 e. The van der Waals surface area contributed by atoms with Crippen molar-refractivity contribution in [2.24, 2.45) is 0 Å². The van der Waals surface area contributed by atoms with E-state index < -0.39 is 0 Å². The molecule has 2 aliphatic heterocycles. The quantitative estimate of drug-likeness (QED) is 0.730. The van der Waals surface area contributed by atoms with Gasteiger partial charge in [0.15, 0.2) is 0 Å². The Labute approximate surface area is 101 Å². The van der Waals surface area contributed by atoms with Gasteiger partial charge in [0.05, 0.1) is 18.3 Å². The van der Waals surface area contributed by atoms with Crippen LogP contribution in [0, 0.1) is 0 Å². The summed E-state index contributed by atoms with van der Waals surface area (Å²) in [6, 6.07) is 7.75. The largest absolute Gasteiger partial charge is 0.491 e. The van der Waals surface area contributed by atoms with Crippen LogP contribution in [0.5, 0.6) is 5.75 Å². The van der Waals surface area contributed by atoms with Crippen LogP contribution in [0.25, 0.3) is 0 Å².